The first-order valence-corrected chi connectivity index (χ1v) is 5.03. The minimum Gasteiger partial charge on any atom is -0.330 e. The summed E-state index contributed by atoms with van der Waals surface area (Å²) in [4.78, 5) is 0. The van der Waals surface area contributed by atoms with Gasteiger partial charge in [-0.15, -0.1) is 0 Å². The molecule has 2 aliphatic rings. The molecule has 0 aromatic rings. The highest BCUT2D eigenvalue weighted by atomic mass is 14.6. The van der Waals surface area contributed by atoms with Crippen molar-refractivity contribution in [3.8, 4) is 0 Å². The zero-order valence-corrected chi connectivity index (χ0v) is 7.42. The number of hydrogen-bond donors (Lipinski definition) is 1. The molecule has 0 aromatic heterocycles. The maximum Gasteiger partial charge on any atom is -0.00487 e. The first kappa shape index (κ1) is 7.60. The van der Waals surface area contributed by atoms with Gasteiger partial charge in [-0.3, -0.25) is 0 Å². The molecule has 1 heteroatoms. The van der Waals surface area contributed by atoms with Crippen molar-refractivity contribution in [2.45, 2.75) is 32.6 Å². The molecule has 3 atom stereocenters. The van der Waals surface area contributed by atoms with Crippen LogP contribution in [0.4, 0.5) is 0 Å². The van der Waals surface area contributed by atoms with E-state index in [0.717, 1.165) is 30.2 Å². The lowest BCUT2D eigenvalue weighted by Gasteiger charge is -2.26. The fourth-order valence-corrected chi connectivity index (χ4v) is 2.47. The second-order valence-corrected chi connectivity index (χ2v) is 4.47. The lowest BCUT2D eigenvalue weighted by Crippen LogP contribution is -2.18. The van der Waals surface area contributed by atoms with Crippen molar-refractivity contribution in [1.29, 1.82) is 0 Å². The molecule has 2 rings (SSSR count). The summed E-state index contributed by atoms with van der Waals surface area (Å²) >= 11 is 0. The van der Waals surface area contributed by atoms with Crippen molar-refractivity contribution in [3.63, 3.8) is 0 Å². The Bertz CT molecular complexity index is 131. The molecule has 0 spiro atoms. The number of rotatable bonds is 3. The molecular weight excluding hydrogens is 134 g/mol. The summed E-state index contributed by atoms with van der Waals surface area (Å²) in [5, 5.41) is 0. The number of nitrogens with two attached hydrogens (primary N) is 1. The highest BCUT2D eigenvalue weighted by Crippen LogP contribution is 2.54. The van der Waals surface area contributed by atoms with E-state index in [1.54, 1.807) is 0 Å². The third-order valence-corrected chi connectivity index (χ3v) is 3.75. The van der Waals surface area contributed by atoms with Gasteiger partial charge in [0.05, 0.1) is 0 Å². The molecule has 0 radical (unpaired) electrons. The average Bonchev–Trinajstić information content (AvgIpc) is 2.63. The Hall–Kier alpha value is -0.0400. The predicted molar refractivity (Wildman–Crippen MR) is 47.2 cm³/mol. The predicted octanol–water partition coefficient (Wildman–Crippen LogP) is 2.02. The molecule has 2 fully saturated rings. The summed E-state index contributed by atoms with van der Waals surface area (Å²) < 4.78 is 0. The van der Waals surface area contributed by atoms with Crippen molar-refractivity contribution >= 4 is 0 Å². The third kappa shape index (κ3) is 1.31. The quantitative estimate of drug-likeness (QED) is 0.659. The van der Waals surface area contributed by atoms with Crippen molar-refractivity contribution in [1.82, 2.24) is 0 Å². The molecule has 0 heterocycles. The van der Waals surface area contributed by atoms with Crippen LogP contribution in [0.2, 0.25) is 0 Å². The van der Waals surface area contributed by atoms with Gasteiger partial charge in [0.2, 0.25) is 0 Å². The topological polar surface area (TPSA) is 26.0 Å². The molecule has 1 nitrogen and oxygen atoms in total. The van der Waals surface area contributed by atoms with Gasteiger partial charge in [-0.05, 0) is 36.6 Å². The molecule has 0 amide bonds. The highest BCUT2D eigenvalue weighted by Gasteiger charge is 2.46. The molecule has 2 saturated carbocycles. The van der Waals surface area contributed by atoms with Gasteiger partial charge in [0.25, 0.3) is 0 Å². The van der Waals surface area contributed by atoms with Crippen molar-refractivity contribution < 1.29 is 0 Å². The van der Waals surface area contributed by atoms with E-state index >= 15 is 0 Å². The van der Waals surface area contributed by atoms with Gasteiger partial charge < -0.3 is 5.73 Å². The Balaban J connectivity index is 1.76. The molecule has 0 aliphatic heterocycles. The smallest absolute Gasteiger partial charge is 0.00487 e. The fourth-order valence-electron chi connectivity index (χ4n) is 2.47. The summed E-state index contributed by atoms with van der Waals surface area (Å²) in [7, 11) is 0. The first-order chi connectivity index (χ1) is 5.33. The maximum absolute atomic E-state index is 5.63. The van der Waals surface area contributed by atoms with Gasteiger partial charge in [0.1, 0.15) is 0 Å². The monoisotopic (exact) mass is 153 g/mol. The normalized spacial score (nSPS) is 39.8. The summed E-state index contributed by atoms with van der Waals surface area (Å²) in [5.74, 6) is 3.99. The van der Waals surface area contributed by atoms with Gasteiger partial charge in [0.15, 0.2) is 0 Å². The summed E-state index contributed by atoms with van der Waals surface area (Å²) in [5.41, 5.74) is 5.63. The van der Waals surface area contributed by atoms with Crippen molar-refractivity contribution in [2.24, 2.45) is 29.4 Å². The van der Waals surface area contributed by atoms with Gasteiger partial charge in [-0.25, -0.2) is 0 Å². The third-order valence-electron chi connectivity index (χ3n) is 3.75. The highest BCUT2D eigenvalue weighted by molar-refractivity contribution is 4.96. The Morgan fingerprint density at radius 3 is 2.64 bits per heavy atom. The van der Waals surface area contributed by atoms with E-state index in [1.165, 1.54) is 25.7 Å². The maximum atomic E-state index is 5.63. The molecular formula is C10H19N. The Labute approximate surface area is 69.4 Å². The van der Waals surface area contributed by atoms with Crippen LogP contribution in [-0.4, -0.2) is 6.54 Å². The minimum absolute atomic E-state index is 0.792. The lowest BCUT2D eigenvalue weighted by molar-refractivity contribution is 0.254. The van der Waals surface area contributed by atoms with E-state index < -0.39 is 0 Å². The van der Waals surface area contributed by atoms with Gasteiger partial charge >= 0.3 is 0 Å². The average molecular weight is 153 g/mol. The van der Waals surface area contributed by atoms with E-state index in [9.17, 15) is 0 Å². The van der Waals surface area contributed by atoms with Crippen LogP contribution in [0, 0.1) is 23.7 Å². The molecule has 0 aromatic carbocycles. The molecule has 2 aliphatic carbocycles. The van der Waals surface area contributed by atoms with Crippen LogP contribution in [0.5, 0.6) is 0 Å². The summed E-state index contributed by atoms with van der Waals surface area (Å²) in [6.07, 6.45) is 6.00. The molecule has 0 saturated heterocycles. The molecule has 0 bridgehead atoms. The lowest BCUT2D eigenvalue weighted by atomic mass is 9.80. The Kier molecular flexibility index (Phi) is 1.92. The number of hydrogen-bond acceptors (Lipinski definition) is 1. The summed E-state index contributed by atoms with van der Waals surface area (Å²) in [6.45, 7) is 3.21. The van der Waals surface area contributed by atoms with Gasteiger partial charge in [-0.2, -0.15) is 0 Å². The van der Waals surface area contributed by atoms with Crippen molar-refractivity contribution in [3.05, 3.63) is 0 Å². The van der Waals surface area contributed by atoms with E-state index in [4.69, 9.17) is 5.73 Å². The van der Waals surface area contributed by atoms with Crippen LogP contribution in [0.3, 0.4) is 0 Å². The largest absolute Gasteiger partial charge is 0.330 e. The van der Waals surface area contributed by atoms with Crippen LogP contribution in [0.15, 0.2) is 0 Å². The second-order valence-electron chi connectivity index (χ2n) is 4.47. The molecule has 64 valence electrons. The van der Waals surface area contributed by atoms with Crippen LogP contribution in [0.25, 0.3) is 0 Å². The standard InChI is InChI=1S/C10H19N/c1-7(6-11)9-5-10(9)8-3-2-4-8/h7-10H,2-6,11H2,1H3. The molecule has 2 N–H and O–H groups in total. The van der Waals surface area contributed by atoms with Crippen LogP contribution < -0.4 is 5.73 Å². The van der Waals surface area contributed by atoms with Crippen LogP contribution in [-0.2, 0) is 0 Å². The van der Waals surface area contributed by atoms with E-state index in [0.29, 0.717) is 0 Å². The summed E-state index contributed by atoms with van der Waals surface area (Å²) in [6, 6.07) is 0. The van der Waals surface area contributed by atoms with Crippen LogP contribution >= 0.6 is 0 Å². The van der Waals surface area contributed by atoms with Gasteiger partial charge in [-0.1, -0.05) is 26.2 Å². The zero-order chi connectivity index (χ0) is 7.84. The molecule has 3 unspecified atom stereocenters. The van der Waals surface area contributed by atoms with E-state index in [2.05, 4.69) is 6.92 Å². The van der Waals surface area contributed by atoms with Gasteiger partial charge in [0, 0.05) is 0 Å². The zero-order valence-electron chi connectivity index (χ0n) is 7.42. The second kappa shape index (κ2) is 2.78. The van der Waals surface area contributed by atoms with E-state index in [1.807, 2.05) is 0 Å². The minimum atomic E-state index is 0.792. The Morgan fingerprint density at radius 2 is 2.18 bits per heavy atom. The SMILES string of the molecule is CC(CN)C1CC1C1CCC1. The van der Waals surface area contributed by atoms with Crippen molar-refractivity contribution in [2.75, 3.05) is 6.54 Å². The van der Waals surface area contributed by atoms with Crippen LogP contribution in [0.1, 0.15) is 32.6 Å². The fraction of sp³-hybridized carbons (Fsp3) is 1.00. The molecule has 11 heavy (non-hydrogen) atoms. The Morgan fingerprint density at radius 1 is 1.45 bits per heavy atom. The van der Waals surface area contributed by atoms with E-state index in [-0.39, 0.29) is 0 Å². The first-order valence-electron chi connectivity index (χ1n) is 5.03.